The van der Waals surface area contributed by atoms with Gasteiger partial charge in [-0.25, -0.2) is 8.42 Å². The van der Waals surface area contributed by atoms with Gasteiger partial charge in [-0.05, 0) is 32.6 Å². The molecule has 0 aromatic rings. The van der Waals surface area contributed by atoms with Crippen LogP contribution in [0.15, 0.2) is 0 Å². The monoisotopic (exact) mass is 267 g/mol. The molecule has 1 aliphatic carbocycles. The Morgan fingerprint density at radius 3 is 2.25 bits per heavy atom. The average molecular weight is 268 g/mol. The summed E-state index contributed by atoms with van der Waals surface area (Å²) in [5.74, 6) is -0.402. The summed E-state index contributed by atoms with van der Waals surface area (Å²) in [5, 5.41) is 1.99. The zero-order chi connectivity index (χ0) is 12.3. The molecule has 1 aliphatic rings. The first-order chi connectivity index (χ1) is 7.30. The number of alkyl halides is 1. The van der Waals surface area contributed by atoms with Crippen molar-refractivity contribution in [1.82, 2.24) is 5.32 Å². The Kier molecular flexibility index (Phi) is 4.62. The molecule has 1 unspecified atom stereocenters. The van der Waals surface area contributed by atoms with Gasteiger partial charge in [-0.15, -0.1) is 11.6 Å². The van der Waals surface area contributed by atoms with Crippen molar-refractivity contribution in [2.24, 2.45) is 0 Å². The lowest BCUT2D eigenvalue weighted by Crippen LogP contribution is -2.44. The molecule has 1 saturated carbocycles. The minimum Gasteiger partial charge on any atom is -0.352 e. The fourth-order valence-corrected chi connectivity index (χ4v) is 2.42. The predicted molar refractivity (Wildman–Crippen MR) is 64.3 cm³/mol. The molecule has 0 aliphatic heterocycles. The molecule has 1 atom stereocenters. The number of hydrogen-bond donors (Lipinski definition) is 1. The number of halogens is 1. The van der Waals surface area contributed by atoms with Crippen LogP contribution in [0.5, 0.6) is 0 Å². The Morgan fingerprint density at radius 2 is 1.81 bits per heavy atom. The van der Waals surface area contributed by atoms with Crippen molar-refractivity contribution in [2.45, 2.75) is 49.3 Å². The summed E-state index contributed by atoms with van der Waals surface area (Å²) in [6, 6.07) is 0.0756. The quantitative estimate of drug-likeness (QED) is 0.779. The summed E-state index contributed by atoms with van der Waals surface area (Å²) in [4.78, 5) is 11.6. The van der Waals surface area contributed by atoms with Crippen molar-refractivity contribution in [3.8, 4) is 0 Å². The van der Waals surface area contributed by atoms with Crippen LogP contribution in [0.2, 0.25) is 0 Å². The second kappa shape index (κ2) is 5.36. The molecule has 0 spiro atoms. The molecular formula is C10H18ClNO3S. The van der Waals surface area contributed by atoms with Crippen molar-refractivity contribution >= 4 is 27.3 Å². The molecule has 0 aromatic carbocycles. The Morgan fingerprint density at radius 1 is 1.31 bits per heavy atom. The number of carbonyl (C=O) groups is 1. The maximum absolute atomic E-state index is 11.6. The van der Waals surface area contributed by atoms with Crippen molar-refractivity contribution < 1.29 is 13.2 Å². The van der Waals surface area contributed by atoms with Gasteiger partial charge in [0.05, 0.1) is 0 Å². The fraction of sp³-hybridized carbons (Fsp3) is 0.900. The van der Waals surface area contributed by atoms with Gasteiger partial charge in [-0.2, -0.15) is 0 Å². The SMILES string of the molecule is CC(C(=O)NC1CCC(Cl)CC1)S(C)(=O)=O. The minimum atomic E-state index is -3.30. The number of amides is 1. The Hall–Kier alpha value is -0.290. The van der Waals surface area contributed by atoms with Gasteiger partial charge >= 0.3 is 0 Å². The van der Waals surface area contributed by atoms with Gasteiger partial charge in [0.25, 0.3) is 0 Å². The summed E-state index contributed by atoms with van der Waals surface area (Å²) in [7, 11) is -3.30. The number of sulfone groups is 1. The van der Waals surface area contributed by atoms with E-state index in [1.165, 1.54) is 6.92 Å². The molecule has 4 nitrogen and oxygen atoms in total. The van der Waals surface area contributed by atoms with E-state index in [2.05, 4.69) is 5.32 Å². The number of hydrogen-bond acceptors (Lipinski definition) is 3. The van der Waals surface area contributed by atoms with Crippen molar-refractivity contribution in [1.29, 1.82) is 0 Å². The van der Waals surface area contributed by atoms with E-state index in [4.69, 9.17) is 11.6 Å². The van der Waals surface area contributed by atoms with Crippen LogP contribution in [-0.2, 0) is 14.6 Å². The molecule has 16 heavy (non-hydrogen) atoms. The Labute approximate surface area is 102 Å². The third kappa shape index (κ3) is 3.94. The number of carbonyl (C=O) groups excluding carboxylic acids is 1. The highest BCUT2D eigenvalue weighted by Gasteiger charge is 2.27. The highest BCUT2D eigenvalue weighted by atomic mass is 35.5. The second-order valence-electron chi connectivity index (χ2n) is 4.43. The van der Waals surface area contributed by atoms with E-state index < -0.39 is 21.0 Å². The standard InChI is InChI=1S/C10H18ClNO3S/c1-7(16(2,14)15)10(13)12-9-5-3-8(11)4-6-9/h7-9H,3-6H2,1-2H3,(H,12,13). The zero-order valence-electron chi connectivity index (χ0n) is 9.57. The predicted octanol–water partition coefficient (Wildman–Crippen LogP) is 1.09. The van der Waals surface area contributed by atoms with Gasteiger partial charge in [0.1, 0.15) is 5.25 Å². The van der Waals surface area contributed by atoms with Gasteiger partial charge in [-0.3, -0.25) is 4.79 Å². The third-order valence-electron chi connectivity index (χ3n) is 3.01. The van der Waals surface area contributed by atoms with Gasteiger partial charge in [0.15, 0.2) is 9.84 Å². The van der Waals surface area contributed by atoms with Crippen LogP contribution in [0.1, 0.15) is 32.6 Å². The van der Waals surface area contributed by atoms with E-state index in [9.17, 15) is 13.2 Å². The first-order valence-corrected chi connectivity index (χ1v) is 7.83. The largest absolute Gasteiger partial charge is 0.352 e. The van der Waals surface area contributed by atoms with Crippen LogP contribution in [0.3, 0.4) is 0 Å². The van der Waals surface area contributed by atoms with Crippen molar-refractivity contribution in [2.75, 3.05) is 6.26 Å². The molecule has 1 amide bonds. The van der Waals surface area contributed by atoms with E-state index in [1.807, 2.05) is 0 Å². The van der Waals surface area contributed by atoms with Crippen LogP contribution in [0.25, 0.3) is 0 Å². The molecule has 0 heterocycles. The van der Waals surface area contributed by atoms with E-state index >= 15 is 0 Å². The highest BCUT2D eigenvalue weighted by Crippen LogP contribution is 2.22. The van der Waals surface area contributed by atoms with Gasteiger partial charge in [0.2, 0.25) is 5.91 Å². The highest BCUT2D eigenvalue weighted by molar-refractivity contribution is 7.92. The maximum atomic E-state index is 11.6. The number of rotatable bonds is 3. The topological polar surface area (TPSA) is 63.2 Å². The Balaban J connectivity index is 2.46. The molecule has 0 bridgehead atoms. The smallest absolute Gasteiger partial charge is 0.238 e. The zero-order valence-corrected chi connectivity index (χ0v) is 11.1. The molecule has 6 heteroatoms. The average Bonchev–Trinajstić information content (AvgIpc) is 2.19. The summed E-state index contributed by atoms with van der Waals surface area (Å²) < 4.78 is 22.4. The summed E-state index contributed by atoms with van der Waals surface area (Å²) in [5.41, 5.74) is 0. The first kappa shape index (κ1) is 13.8. The minimum absolute atomic E-state index is 0.0756. The third-order valence-corrected chi connectivity index (χ3v) is 4.95. The lowest BCUT2D eigenvalue weighted by atomic mass is 9.95. The van der Waals surface area contributed by atoms with Crippen LogP contribution in [0, 0.1) is 0 Å². The van der Waals surface area contributed by atoms with Crippen LogP contribution in [0.4, 0.5) is 0 Å². The second-order valence-corrected chi connectivity index (χ2v) is 7.41. The van der Waals surface area contributed by atoms with Crippen LogP contribution >= 0.6 is 11.6 Å². The van der Waals surface area contributed by atoms with E-state index in [-0.39, 0.29) is 11.4 Å². The first-order valence-electron chi connectivity index (χ1n) is 5.44. The molecule has 1 fully saturated rings. The molecule has 1 N–H and O–H groups in total. The molecule has 0 radical (unpaired) electrons. The molecular weight excluding hydrogens is 250 g/mol. The van der Waals surface area contributed by atoms with Crippen LogP contribution < -0.4 is 5.32 Å². The Bertz CT molecular complexity index is 347. The van der Waals surface area contributed by atoms with Crippen molar-refractivity contribution in [3.63, 3.8) is 0 Å². The van der Waals surface area contributed by atoms with E-state index in [1.54, 1.807) is 0 Å². The van der Waals surface area contributed by atoms with Gasteiger partial charge in [0, 0.05) is 17.7 Å². The summed E-state index contributed by atoms with van der Waals surface area (Å²) in [6.45, 7) is 1.41. The number of nitrogens with one attached hydrogen (secondary N) is 1. The van der Waals surface area contributed by atoms with Crippen molar-refractivity contribution in [3.05, 3.63) is 0 Å². The lowest BCUT2D eigenvalue weighted by molar-refractivity contribution is -0.121. The van der Waals surface area contributed by atoms with Gasteiger partial charge < -0.3 is 5.32 Å². The molecule has 94 valence electrons. The normalized spacial score (nSPS) is 28.4. The van der Waals surface area contributed by atoms with Crippen LogP contribution in [-0.4, -0.2) is 37.2 Å². The molecule has 0 saturated heterocycles. The lowest BCUT2D eigenvalue weighted by Gasteiger charge is -2.26. The fourth-order valence-electron chi connectivity index (χ4n) is 1.71. The van der Waals surface area contributed by atoms with Gasteiger partial charge in [-0.1, -0.05) is 0 Å². The summed E-state index contributed by atoms with van der Waals surface area (Å²) >= 11 is 5.95. The summed E-state index contributed by atoms with van der Waals surface area (Å²) in [6.07, 6.45) is 4.49. The molecule has 0 aromatic heterocycles. The molecule has 1 rings (SSSR count). The van der Waals surface area contributed by atoms with E-state index in [0.717, 1.165) is 31.9 Å². The van der Waals surface area contributed by atoms with E-state index in [0.29, 0.717) is 0 Å². The maximum Gasteiger partial charge on any atom is 0.238 e.